The fourth-order valence-electron chi connectivity index (χ4n) is 1.49. The highest BCUT2D eigenvalue weighted by Crippen LogP contribution is 2.13. The zero-order valence-corrected chi connectivity index (χ0v) is 13.2. The standard InChI is InChI=1S/C13H20IN3O/c1-10(11-4-6-12(14)7-5-11)15-8-9-16-13(18)17(2)3/h4-7,10,15H,8-9H2,1-3H3,(H,16,18). The van der Waals surface area contributed by atoms with Crippen molar-refractivity contribution in [1.82, 2.24) is 15.5 Å². The number of hydrogen-bond donors (Lipinski definition) is 2. The quantitative estimate of drug-likeness (QED) is 0.624. The molecular weight excluding hydrogens is 341 g/mol. The molecule has 18 heavy (non-hydrogen) atoms. The second-order valence-electron chi connectivity index (χ2n) is 4.35. The number of rotatable bonds is 5. The summed E-state index contributed by atoms with van der Waals surface area (Å²) in [7, 11) is 3.47. The maximum absolute atomic E-state index is 11.3. The first-order valence-corrected chi connectivity index (χ1v) is 7.02. The minimum Gasteiger partial charge on any atom is -0.337 e. The van der Waals surface area contributed by atoms with Crippen LogP contribution < -0.4 is 10.6 Å². The molecule has 0 aliphatic carbocycles. The zero-order chi connectivity index (χ0) is 13.5. The van der Waals surface area contributed by atoms with Gasteiger partial charge in [-0.15, -0.1) is 0 Å². The van der Waals surface area contributed by atoms with Crippen molar-refractivity contribution in [3.8, 4) is 0 Å². The van der Waals surface area contributed by atoms with Crippen molar-refractivity contribution in [2.45, 2.75) is 13.0 Å². The summed E-state index contributed by atoms with van der Waals surface area (Å²) in [5, 5.41) is 6.20. The normalized spacial score (nSPS) is 12.0. The highest BCUT2D eigenvalue weighted by atomic mass is 127. The van der Waals surface area contributed by atoms with Crippen LogP contribution in [0.4, 0.5) is 4.79 Å². The molecule has 100 valence electrons. The van der Waals surface area contributed by atoms with Gasteiger partial charge in [-0.05, 0) is 47.2 Å². The van der Waals surface area contributed by atoms with Gasteiger partial charge in [-0.1, -0.05) is 12.1 Å². The zero-order valence-electron chi connectivity index (χ0n) is 11.0. The number of hydrogen-bond acceptors (Lipinski definition) is 2. The Hall–Kier alpha value is -0.820. The molecule has 0 spiro atoms. The molecule has 0 heterocycles. The first-order chi connectivity index (χ1) is 8.50. The van der Waals surface area contributed by atoms with Gasteiger partial charge in [0.1, 0.15) is 0 Å². The topological polar surface area (TPSA) is 44.4 Å². The molecule has 0 aliphatic heterocycles. The van der Waals surface area contributed by atoms with Crippen molar-refractivity contribution in [1.29, 1.82) is 0 Å². The summed E-state index contributed by atoms with van der Waals surface area (Å²) in [6, 6.07) is 8.68. The molecule has 0 aromatic heterocycles. The highest BCUT2D eigenvalue weighted by Gasteiger charge is 2.05. The van der Waals surface area contributed by atoms with Crippen molar-refractivity contribution in [3.05, 3.63) is 33.4 Å². The largest absolute Gasteiger partial charge is 0.337 e. The van der Waals surface area contributed by atoms with Crippen LogP contribution >= 0.6 is 22.6 Å². The average Bonchev–Trinajstić information content (AvgIpc) is 2.34. The van der Waals surface area contributed by atoms with E-state index in [-0.39, 0.29) is 6.03 Å². The van der Waals surface area contributed by atoms with Gasteiger partial charge >= 0.3 is 6.03 Å². The molecule has 1 unspecified atom stereocenters. The van der Waals surface area contributed by atoms with E-state index in [1.807, 2.05) is 0 Å². The molecule has 5 heteroatoms. The number of nitrogens with zero attached hydrogens (tertiary/aromatic N) is 1. The third-order valence-electron chi connectivity index (χ3n) is 2.63. The molecule has 0 saturated carbocycles. The van der Waals surface area contributed by atoms with E-state index in [4.69, 9.17) is 0 Å². The third kappa shape index (κ3) is 5.22. The molecule has 1 atom stereocenters. The first kappa shape index (κ1) is 15.2. The van der Waals surface area contributed by atoms with Crippen molar-refractivity contribution < 1.29 is 4.79 Å². The minimum atomic E-state index is -0.0567. The third-order valence-corrected chi connectivity index (χ3v) is 3.35. The van der Waals surface area contributed by atoms with E-state index in [1.165, 1.54) is 14.0 Å². The number of carbonyl (C=O) groups excluding carboxylic acids is 1. The van der Waals surface area contributed by atoms with E-state index >= 15 is 0 Å². The maximum Gasteiger partial charge on any atom is 0.316 e. The van der Waals surface area contributed by atoms with Crippen LogP contribution in [0, 0.1) is 3.57 Å². The van der Waals surface area contributed by atoms with Crippen LogP contribution in [0.5, 0.6) is 0 Å². The van der Waals surface area contributed by atoms with Gasteiger partial charge in [0.25, 0.3) is 0 Å². The smallest absolute Gasteiger partial charge is 0.316 e. The van der Waals surface area contributed by atoms with E-state index in [2.05, 4.69) is 64.4 Å². The number of halogens is 1. The van der Waals surface area contributed by atoms with E-state index in [1.54, 1.807) is 14.1 Å². The molecule has 0 saturated heterocycles. The van der Waals surface area contributed by atoms with Crippen molar-refractivity contribution in [3.63, 3.8) is 0 Å². The van der Waals surface area contributed by atoms with Gasteiger partial charge in [0.15, 0.2) is 0 Å². The van der Waals surface area contributed by atoms with Gasteiger partial charge < -0.3 is 15.5 Å². The van der Waals surface area contributed by atoms with Crippen molar-refractivity contribution in [2.24, 2.45) is 0 Å². The summed E-state index contributed by atoms with van der Waals surface area (Å²) in [5.74, 6) is 0. The molecule has 0 radical (unpaired) electrons. The van der Waals surface area contributed by atoms with Crippen LogP contribution in [-0.2, 0) is 0 Å². The summed E-state index contributed by atoms with van der Waals surface area (Å²) in [6.07, 6.45) is 0. The summed E-state index contributed by atoms with van der Waals surface area (Å²) >= 11 is 2.30. The minimum absolute atomic E-state index is 0.0567. The summed E-state index contributed by atoms with van der Waals surface area (Å²) in [4.78, 5) is 12.8. The second kappa shape index (κ2) is 7.58. The fraction of sp³-hybridized carbons (Fsp3) is 0.462. The van der Waals surface area contributed by atoms with E-state index in [0.717, 1.165) is 6.54 Å². The molecule has 4 nitrogen and oxygen atoms in total. The molecule has 0 aliphatic rings. The Bertz CT molecular complexity index is 378. The SMILES string of the molecule is CC(NCCNC(=O)N(C)C)c1ccc(I)cc1. The Morgan fingerprint density at radius 2 is 1.89 bits per heavy atom. The number of nitrogens with one attached hydrogen (secondary N) is 2. The van der Waals surface area contributed by atoms with Gasteiger partial charge in [-0.3, -0.25) is 0 Å². The predicted octanol–water partition coefficient (Wildman–Crippen LogP) is 2.21. The van der Waals surface area contributed by atoms with Gasteiger partial charge in [-0.25, -0.2) is 4.79 Å². The number of carbonyl (C=O) groups is 1. The Labute approximate surface area is 122 Å². The fourth-order valence-corrected chi connectivity index (χ4v) is 1.85. The van der Waals surface area contributed by atoms with Crippen LogP contribution in [0.25, 0.3) is 0 Å². The molecule has 1 aromatic carbocycles. The Morgan fingerprint density at radius 1 is 1.28 bits per heavy atom. The predicted molar refractivity (Wildman–Crippen MR) is 82.7 cm³/mol. The Kier molecular flexibility index (Phi) is 6.42. The van der Waals surface area contributed by atoms with Crippen LogP contribution in [0.3, 0.4) is 0 Å². The summed E-state index contributed by atoms with van der Waals surface area (Å²) in [5.41, 5.74) is 1.26. The molecule has 2 amide bonds. The number of benzene rings is 1. The number of amides is 2. The van der Waals surface area contributed by atoms with Crippen LogP contribution in [0.2, 0.25) is 0 Å². The first-order valence-electron chi connectivity index (χ1n) is 5.94. The van der Waals surface area contributed by atoms with Crippen LogP contribution in [-0.4, -0.2) is 38.1 Å². The average molecular weight is 361 g/mol. The van der Waals surface area contributed by atoms with E-state index in [9.17, 15) is 4.79 Å². The highest BCUT2D eigenvalue weighted by molar-refractivity contribution is 14.1. The van der Waals surface area contributed by atoms with E-state index < -0.39 is 0 Å². The van der Waals surface area contributed by atoms with Crippen LogP contribution in [0.15, 0.2) is 24.3 Å². The Morgan fingerprint density at radius 3 is 2.44 bits per heavy atom. The lowest BCUT2D eigenvalue weighted by atomic mass is 10.1. The van der Waals surface area contributed by atoms with Gasteiger partial charge in [-0.2, -0.15) is 0 Å². The molecule has 1 aromatic rings. The lowest BCUT2D eigenvalue weighted by Gasteiger charge is -2.16. The lowest BCUT2D eigenvalue weighted by molar-refractivity contribution is 0.217. The van der Waals surface area contributed by atoms with Gasteiger partial charge in [0, 0.05) is 36.8 Å². The molecule has 0 bridgehead atoms. The van der Waals surface area contributed by atoms with Crippen LogP contribution in [0.1, 0.15) is 18.5 Å². The molecular formula is C13H20IN3O. The monoisotopic (exact) mass is 361 g/mol. The second-order valence-corrected chi connectivity index (χ2v) is 5.60. The van der Waals surface area contributed by atoms with E-state index in [0.29, 0.717) is 12.6 Å². The lowest BCUT2D eigenvalue weighted by Crippen LogP contribution is -2.38. The van der Waals surface area contributed by atoms with Gasteiger partial charge in [0.2, 0.25) is 0 Å². The Balaban J connectivity index is 2.27. The summed E-state index contributed by atoms with van der Waals surface area (Å²) < 4.78 is 1.24. The van der Waals surface area contributed by atoms with Crippen molar-refractivity contribution >= 4 is 28.6 Å². The number of urea groups is 1. The molecule has 1 rings (SSSR count). The summed E-state index contributed by atoms with van der Waals surface area (Å²) in [6.45, 7) is 3.51. The molecule has 0 fully saturated rings. The van der Waals surface area contributed by atoms with Crippen molar-refractivity contribution in [2.75, 3.05) is 27.2 Å². The molecule has 2 N–H and O–H groups in total. The van der Waals surface area contributed by atoms with Gasteiger partial charge in [0.05, 0.1) is 0 Å². The maximum atomic E-state index is 11.3.